The van der Waals surface area contributed by atoms with Crippen molar-refractivity contribution in [3.05, 3.63) is 44.1 Å². The van der Waals surface area contributed by atoms with Crippen LogP contribution in [0.2, 0.25) is 0 Å². The zero-order chi connectivity index (χ0) is 85.3. The molecule has 3 saturated carbocycles. The van der Waals surface area contributed by atoms with Crippen LogP contribution in [0.15, 0.2) is 21.7 Å². The zero-order valence-electron chi connectivity index (χ0n) is 67.2. The van der Waals surface area contributed by atoms with Gasteiger partial charge in [-0.3, -0.25) is 84.2 Å². The molecule has 39 nitrogen and oxygen atoms in total. The number of unbranched alkanes of at least 4 members (excludes halogenated alkanes) is 1. The summed E-state index contributed by atoms with van der Waals surface area (Å²) in [5.74, 6) is -7.16. The standard InChI is InChI=1S/C77H124N22O17S/c1-43-35-51-55(36-44(43)2)99(66-63(90-51)72(113)97-77(115)96-66)41-56(100)64(106)57(101)42-116-62(105)27-13-12-26-59(102)85-32-33-98-61(104)40-58(73(98)114)117-34-28-60(103)89-52(37-45-17-6-3-7-18-45)69(110)92-49(24-15-30-87-75(81)82)67(108)95-54(39-47-21-10-5-11-22-47)71(112)93-50(25-16-31-88-76(83)84)68(109)94-53(38-46-19-8-4-9-20-46)70(111)91-48(65(78)107)23-14-29-86-74(79)80/h35-36,45-50,52-54,56-58,60,64,89,100-101,103,106H,3-34,37-42H2,1-2H3,(H2,78,107)(H,85,102)(H,91,111)(H,92,110)(H,93,112)(H,94,109)(H,95,108)(H4,79,80,86)(H4,81,82,87)(H4,83,84,88)(H,97,113,115)/t48-,49-,50-,52-,53-,54-,56-,57+,58?,60?,64-/m0/s1. The van der Waals surface area contributed by atoms with E-state index in [1.165, 1.54) is 4.57 Å². The molecule has 9 amide bonds. The van der Waals surface area contributed by atoms with Gasteiger partial charge < -0.3 is 101 Å². The van der Waals surface area contributed by atoms with Crippen LogP contribution in [0.3, 0.4) is 0 Å². The fraction of sp³-hybridized carbons (Fsp3) is 0.701. The highest BCUT2D eigenvalue weighted by atomic mass is 32.2. The molecule has 3 aliphatic heterocycles. The van der Waals surface area contributed by atoms with Crippen molar-refractivity contribution in [3.8, 4) is 11.5 Å². The lowest BCUT2D eigenvalue weighted by atomic mass is 9.84. The third-order valence-corrected chi connectivity index (χ3v) is 23.4. The number of imide groups is 1. The highest BCUT2D eigenvalue weighted by molar-refractivity contribution is 8.00. The third-order valence-electron chi connectivity index (χ3n) is 22.1. The Labute approximate surface area is 684 Å². The molecule has 650 valence electrons. The summed E-state index contributed by atoms with van der Waals surface area (Å²) in [5, 5.41) is 94.7. The molecule has 0 bridgehead atoms. The van der Waals surface area contributed by atoms with Crippen molar-refractivity contribution in [2.45, 2.75) is 279 Å². The van der Waals surface area contributed by atoms with Gasteiger partial charge in [0, 0.05) is 52.0 Å². The van der Waals surface area contributed by atoms with Crippen LogP contribution in [-0.2, 0) is 59.2 Å². The molecule has 6 aliphatic rings. The van der Waals surface area contributed by atoms with Crippen LogP contribution in [0.1, 0.15) is 204 Å². The summed E-state index contributed by atoms with van der Waals surface area (Å²) in [4.78, 5) is 175. The Morgan fingerprint density at radius 2 is 1.03 bits per heavy atom. The van der Waals surface area contributed by atoms with Crippen molar-refractivity contribution >= 4 is 99.8 Å². The number of nitrogens with zero attached hydrogens (tertiary/aromatic N) is 4. The van der Waals surface area contributed by atoms with Gasteiger partial charge in [0.15, 0.2) is 29.4 Å². The highest BCUT2D eigenvalue weighted by Gasteiger charge is 2.40. The Morgan fingerprint density at radius 3 is 1.54 bits per heavy atom. The summed E-state index contributed by atoms with van der Waals surface area (Å²) in [6.45, 7) is 2.84. The van der Waals surface area contributed by atoms with Gasteiger partial charge in [-0.05, 0) is 138 Å². The first-order valence-corrected chi connectivity index (χ1v) is 42.2. The number of aryl methyl sites for hydroxylation is 2. The number of ether oxygens (including phenoxy) is 1. The van der Waals surface area contributed by atoms with E-state index in [-0.39, 0.29) is 176 Å². The van der Waals surface area contributed by atoms with Crippen LogP contribution in [0.5, 0.6) is 0 Å². The number of primary amides is 1. The lowest BCUT2D eigenvalue weighted by Gasteiger charge is -2.31. The van der Waals surface area contributed by atoms with Crippen molar-refractivity contribution in [2.75, 3.05) is 45.1 Å². The maximum Gasteiger partial charge on any atom is 0.349 e. The Hall–Kier alpha value is -9.64. The molecule has 117 heavy (non-hydrogen) atoms. The number of rotatable bonds is 49. The third kappa shape index (κ3) is 31.6. The number of hydrogen-bond acceptors (Lipinski definition) is 24. The second-order valence-corrected chi connectivity index (χ2v) is 32.7. The van der Waals surface area contributed by atoms with Gasteiger partial charge in [-0.15, -0.1) is 11.8 Å². The summed E-state index contributed by atoms with van der Waals surface area (Å²) in [6.07, 6.45) is 8.16. The van der Waals surface area contributed by atoms with E-state index in [0.717, 1.165) is 124 Å². The number of carbonyl (C=O) groups is 10. The highest BCUT2D eigenvalue weighted by Crippen LogP contribution is 2.32. The van der Waals surface area contributed by atoms with Crippen LogP contribution >= 0.6 is 11.8 Å². The average Bonchev–Trinajstić information content (AvgIpc) is 0.918. The predicted molar refractivity (Wildman–Crippen MR) is 436 cm³/mol. The molecule has 0 spiro atoms. The number of fused-ring (bicyclic) bond motifs is 2. The summed E-state index contributed by atoms with van der Waals surface area (Å²) in [7, 11) is 0. The molecular formula is C77H124N22O17S. The smallest absolute Gasteiger partial charge is 0.349 e. The van der Waals surface area contributed by atoms with Gasteiger partial charge >= 0.3 is 11.7 Å². The lowest BCUT2D eigenvalue weighted by molar-refractivity contribution is -0.152. The molecular weight excluding hydrogens is 1540 g/mol. The van der Waals surface area contributed by atoms with Gasteiger partial charge in [0.05, 0.1) is 28.9 Å². The second kappa shape index (κ2) is 48.3. The van der Waals surface area contributed by atoms with Crippen LogP contribution < -0.4 is 87.4 Å². The number of amides is 9. The maximum atomic E-state index is 15.0. The molecule has 1 aromatic carbocycles. The van der Waals surface area contributed by atoms with Gasteiger partial charge in [-0.1, -0.05) is 96.3 Å². The van der Waals surface area contributed by atoms with Crippen molar-refractivity contribution in [1.29, 1.82) is 16.2 Å². The number of nitrogens with two attached hydrogens (primary N) is 4. The molecule has 26 N–H and O–H groups in total. The van der Waals surface area contributed by atoms with Gasteiger partial charge in [0.2, 0.25) is 53.2 Å². The quantitative estimate of drug-likeness (QED) is 0.00590. The van der Waals surface area contributed by atoms with Crippen LogP contribution in [0, 0.1) is 47.8 Å². The second-order valence-electron chi connectivity index (χ2n) is 31.4. The van der Waals surface area contributed by atoms with Gasteiger partial charge in [0.25, 0.3) is 5.56 Å². The Morgan fingerprint density at radius 1 is 0.564 bits per heavy atom. The number of guanidine groups is 3. The molecule has 0 aromatic heterocycles. The van der Waals surface area contributed by atoms with E-state index in [4.69, 9.17) is 43.9 Å². The maximum absolute atomic E-state index is 15.0. The first kappa shape index (κ1) is 94.5. The summed E-state index contributed by atoms with van der Waals surface area (Å²) >= 11 is 1.15. The fourth-order valence-corrected chi connectivity index (χ4v) is 16.7. The zero-order valence-corrected chi connectivity index (χ0v) is 68.0. The number of aliphatic hydroxyl groups excluding tert-OH is 4. The number of carbonyl (C=O) groups excluding carboxylic acids is 10. The minimum atomic E-state index is -1.87. The normalized spacial score (nSPS) is 18.2. The van der Waals surface area contributed by atoms with Crippen molar-refractivity contribution in [2.24, 2.45) is 40.7 Å². The monoisotopic (exact) mass is 1660 g/mol. The van der Waals surface area contributed by atoms with Gasteiger partial charge in [-0.2, -0.15) is 4.98 Å². The number of aromatic amines is 1. The van der Waals surface area contributed by atoms with E-state index in [0.29, 0.717) is 17.5 Å². The number of esters is 1. The van der Waals surface area contributed by atoms with E-state index in [1.54, 1.807) is 12.1 Å². The molecule has 7 rings (SSSR count). The topological polar surface area (TPSA) is 641 Å². The summed E-state index contributed by atoms with van der Waals surface area (Å²) in [6, 6.07) is -3.75. The lowest BCUT2D eigenvalue weighted by Crippen LogP contribution is -2.60. The number of aromatic nitrogens is 4. The van der Waals surface area contributed by atoms with E-state index in [9.17, 15) is 73.2 Å². The van der Waals surface area contributed by atoms with Crippen molar-refractivity contribution < 1.29 is 73.1 Å². The van der Waals surface area contributed by atoms with Gasteiger partial charge in [-0.25, -0.2) is 9.78 Å². The summed E-state index contributed by atoms with van der Waals surface area (Å²) < 4.78 is 6.50. The Bertz CT molecular complexity index is 3960. The SMILES string of the molecule is Cc1cc2nc3c(=O)[nH]c(=O)nc-3n(C[C@H](O)[C@H](O)[C@H](O)COC(=O)CCCCC(=O)NCCN3C(=O)CC(SCCC(O)N[C@@H](CC4CCCCC4)C(=O)N[C@@H](CCCNC(=N)N)C(=O)N[C@@H](CC4CCCCC4)C(=O)N[C@@H](CCCNC(=N)N)C(=O)N[C@@H](CC4CCCCC4)C(=O)N[C@@H](CCCNC(=N)N)C(N)=O)C3=O)c2cc1C. The minimum Gasteiger partial charge on any atom is -0.463 e. The minimum absolute atomic E-state index is 0.00161. The molecule has 3 heterocycles. The Kier molecular flexibility index (Phi) is 39.0. The molecule has 1 saturated heterocycles. The number of hydrogen-bond donors (Lipinski definition) is 22. The van der Waals surface area contributed by atoms with E-state index in [2.05, 4.69) is 68.1 Å². The number of H-pyrrole nitrogens is 1. The first-order chi connectivity index (χ1) is 55.8. The fourth-order valence-electron chi connectivity index (χ4n) is 15.5. The molecule has 3 aliphatic carbocycles. The predicted octanol–water partition coefficient (Wildman–Crippen LogP) is -1.36. The number of aliphatic hydroxyl groups is 4. The van der Waals surface area contributed by atoms with Crippen LogP contribution in [-0.4, -0.2) is 233 Å². The molecule has 11 atom stereocenters. The molecule has 2 unspecified atom stereocenters. The van der Waals surface area contributed by atoms with E-state index in [1.807, 2.05) is 13.8 Å². The molecule has 40 heteroatoms. The van der Waals surface area contributed by atoms with Crippen molar-refractivity contribution in [3.63, 3.8) is 0 Å². The molecule has 4 fully saturated rings. The summed E-state index contributed by atoms with van der Waals surface area (Å²) in [5.41, 5.74) is 22.9. The van der Waals surface area contributed by atoms with Gasteiger partial charge in [0.1, 0.15) is 61.4 Å². The number of likely N-dealkylation sites (tertiary alicyclic amines) is 1. The first-order valence-electron chi connectivity index (χ1n) is 41.2. The number of nitrogens with one attached hydrogen (secondary N) is 14. The number of benzene rings is 1. The average molecular weight is 1660 g/mol. The number of thioether (sulfide) groups is 1. The van der Waals surface area contributed by atoms with E-state index < -0.39 is 150 Å². The van der Waals surface area contributed by atoms with Crippen LogP contribution in [0.25, 0.3) is 22.6 Å². The molecule has 1 aromatic rings. The molecule has 0 radical (unpaired) electrons. The van der Waals surface area contributed by atoms with E-state index >= 15 is 4.79 Å². The van der Waals surface area contributed by atoms with Crippen molar-refractivity contribution in [1.82, 2.24) is 77.6 Å². The van der Waals surface area contributed by atoms with Crippen LogP contribution in [0.4, 0.5) is 0 Å². The largest absolute Gasteiger partial charge is 0.463 e. The Balaban J connectivity index is 0.915.